The van der Waals surface area contributed by atoms with E-state index in [9.17, 15) is 9.59 Å². The number of carbonyl (C=O) groups excluding carboxylic acids is 2. The molecule has 0 N–H and O–H groups in total. The predicted molar refractivity (Wildman–Crippen MR) is 71.5 cm³/mol. The van der Waals surface area contributed by atoms with Crippen LogP contribution in [0.5, 0.6) is 0 Å². The number of Topliss-reactive ketones (excluding diaryl/α,β-unsaturated/α-hetero) is 1. The van der Waals surface area contributed by atoms with Crippen molar-refractivity contribution in [2.24, 2.45) is 47.3 Å². The average Bonchev–Trinajstić information content (AvgIpc) is 3.22. The molecule has 20 heavy (non-hydrogen) atoms. The molecule has 1 saturated heterocycles. The Bertz CT molecular complexity index is 522. The molecule has 0 spiro atoms. The van der Waals surface area contributed by atoms with Crippen molar-refractivity contribution >= 4 is 11.8 Å². The summed E-state index contributed by atoms with van der Waals surface area (Å²) in [6.07, 6.45) is 8.92. The molecule has 1 heterocycles. The smallest absolute Gasteiger partial charge is 0.309 e. The molecule has 3 heteroatoms. The molecule has 0 aromatic heterocycles. The van der Waals surface area contributed by atoms with Crippen LogP contribution in [0.15, 0.2) is 12.2 Å². The molecule has 5 rings (SSSR count). The van der Waals surface area contributed by atoms with E-state index in [1.807, 2.05) is 0 Å². The summed E-state index contributed by atoms with van der Waals surface area (Å²) in [5.41, 5.74) is 0. The molecule has 4 bridgehead atoms. The zero-order chi connectivity index (χ0) is 13.4. The molecule has 0 radical (unpaired) electrons. The van der Waals surface area contributed by atoms with Crippen LogP contribution in [0.2, 0.25) is 0 Å². The lowest BCUT2D eigenvalue weighted by atomic mass is 9.70. The zero-order valence-corrected chi connectivity index (χ0v) is 11.5. The van der Waals surface area contributed by atoms with Gasteiger partial charge >= 0.3 is 5.97 Å². The molecule has 0 aromatic rings. The molecule has 1 aliphatic heterocycles. The number of rotatable bonds is 2. The van der Waals surface area contributed by atoms with Gasteiger partial charge in [-0.05, 0) is 49.4 Å². The predicted octanol–water partition coefficient (Wildman–Crippen LogP) is 2.21. The molecule has 3 nitrogen and oxygen atoms in total. The Kier molecular flexibility index (Phi) is 2.16. The SMILES string of the molecule is O=C(C1CC2C=CC1C2)C1CC2CC1C1C(=O)OCC21. The van der Waals surface area contributed by atoms with Crippen molar-refractivity contribution < 1.29 is 14.3 Å². The van der Waals surface area contributed by atoms with Crippen LogP contribution in [0.3, 0.4) is 0 Å². The molecule has 5 aliphatic rings. The van der Waals surface area contributed by atoms with E-state index in [2.05, 4.69) is 12.2 Å². The van der Waals surface area contributed by atoms with Gasteiger partial charge in [0.25, 0.3) is 0 Å². The first kappa shape index (κ1) is 11.5. The minimum Gasteiger partial charge on any atom is -0.465 e. The number of allylic oxidation sites excluding steroid dienone is 2. The van der Waals surface area contributed by atoms with Gasteiger partial charge < -0.3 is 4.74 Å². The average molecular weight is 272 g/mol. The number of hydrogen-bond donors (Lipinski definition) is 0. The molecule has 106 valence electrons. The lowest BCUT2D eigenvalue weighted by Crippen LogP contribution is -2.37. The number of hydrogen-bond acceptors (Lipinski definition) is 3. The number of esters is 1. The van der Waals surface area contributed by atoms with E-state index >= 15 is 0 Å². The second kappa shape index (κ2) is 3.75. The fourth-order valence-corrected chi connectivity index (χ4v) is 6.04. The maximum Gasteiger partial charge on any atom is 0.309 e. The van der Waals surface area contributed by atoms with Crippen LogP contribution in [0.1, 0.15) is 25.7 Å². The Morgan fingerprint density at radius 2 is 1.95 bits per heavy atom. The van der Waals surface area contributed by atoms with Gasteiger partial charge in [-0.1, -0.05) is 12.2 Å². The van der Waals surface area contributed by atoms with E-state index in [1.54, 1.807) is 0 Å². The van der Waals surface area contributed by atoms with Crippen molar-refractivity contribution in [2.45, 2.75) is 25.7 Å². The molecule has 0 amide bonds. The number of cyclic esters (lactones) is 1. The van der Waals surface area contributed by atoms with Crippen LogP contribution >= 0.6 is 0 Å². The Hall–Kier alpha value is -1.12. The fraction of sp³-hybridized carbons (Fsp3) is 0.765. The number of fused-ring (bicyclic) bond motifs is 7. The largest absolute Gasteiger partial charge is 0.465 e. The number of carbonyl (C=O) groups is 2. The van der Waals surface area contributed by atoms with Crippen LogP contribution in [-0.4, -0.2) is 18.4 Å². The van der Waals surface area contributed by atoms with E-state index in [0.717, 1.165) is 19.3 Å². The first-order chi connectivity index (χ1) is 9.72. The van der Waals surface area contributed by atoms with Gasteiger partial charge in [0.1, 0.15) is 5.78 Å². The molecule has 0 aromatic carbocycles. The molecule has 4 aliphatic carbocycles. The van der Waals surface area contributed by atoms with Crippen molar-refractivity contribution in [3.8, 4) is 0 Å². The maximum absolute atomic E-state index is 12.9. The Morgan fingerprint density at radius 1 is 1.05 bits per heavy atom. The molecule has 3 saturated carbocycles. The normalized spacial score (nSPS) is 54.5. The lowest BCUT2D eigenvalue weighted by molar-refractivity contribution is -0.143. The van der Waals surface area contributed by atoms with Gasteiger partial charge in [0.05, 0.1) is 12.5 Å². The third kappa shape index (κ3) is 1.32. The van der Waals surface area contributed by atoms with Crippen LogP contribution < -0.4 is 0 Å². The van der Waals surface area contributed by atoms with Crippen LogP contribution in [0.25, 0.3) is 0 Å². The van der Waals surface area contributed by atoms with Crippen molar-refractivity contribution in [2.75, 3.05) is 6.61 Å². The topological polar surface area (TPSA) is 43.4 Å². The molecule has 4 fully saturated rings. The summed E-state index contributed by atoms with van der Waals surface area (Å²) in [5, 5.41) is 0. The monoisotopic (exact) mass is 272 g/mol. The second-order valence-corrected chi connectivity index (χ2v) is 7.61. The van der Waals surface area contributed by atoms with Crippen molar-refractivity contribution in [1.82, 2.24) is 0 Å². The van der Waals surface area contributed by atoms with Crippen molar-refractivity contribution in [3.63, 3.8) is 0 Å². The summed E-state index contributed by atoms with van der Waals surface area (Å²) in [7, 11) is 0. The van der Waals surface area contributed by atoms with Crippen LogP contribution in [-0.2, 0) is 14.3 Å². The first-order valence-corrected chi connectivity index (χ1v) is 8.11. The molecule has 8 atom stereocenters. The van der Waals surface area contributed by atoms with Crippen molar-refractivity contribution in [1.29, 1.82) is 0 Å². The standard InChI is InChI=1S/C17H20O3/c18-16(11-4-8-1-2-9(11)3-8)13-6-10-5-12(13)15-14(10)7-20-17(15)19/h1-2,8-15H,3-7H2. The Morgan fingerprint density at radius 3 is 2.70 bits per heavy atom. The number of ketones is 1. The van der Waals surface area contributed by atoms with Gasteiger partial charge in [-0.25, -0.2) is 0 Å². The summed E-state index contributed by atoms with van der Waals surface area (Å²) in [6, 6.07) is 0. The first-order valence-electron chi connectivity index (χ1n) is 8.11. The minimum atomic E-state index is -0.0205. The van der Waals surface area contributed by atoms with Crippen LogP contribution in [0.4, 0.5) is 0 Å². The van der Waals surface area contributed by atoms with E-state index in [0.29, 0.717) is 42.0 Å². The van der Waals surface area contributed by atoms with Gasteiger partial charge in [0, 0.05) is 17.8 Å². The highest BCUT2D eigenvalue weighted by atomic mass is 16.5. The fourth-order valence-electron chi connectivity index (χ4n) is 6.04. The van der Waals surface area contributed by atoms with Gasteiger partial charge in [-0.15, -0.1) is 0 Å². The number of ether oxygens (including phenoxy) is 1. The highest BCUT2D eigenvalue weighted by Gasteiger charge is 2.61. The summed E-state index contributed by atoms with van der Waals surface area (Å²) in [5.74, 6) is 3.37. The van der Waals surface area contributed by atoms with Crippen molar-refractivity contribution in [3.05, 3.63) is 12.2 Å². The van der Waals surface area contributed by atoms with Gasteiger partial charge in [0.2, 0.25) is 0 Å². The summed E-state index contributed by atoms with van der Waals surface area (Å²) < 4.78 is 5.24. The lowest BCUT2D eigenvalue weighted by Gasteiger charge is -2.30. The molecular formula is C17H20O3. The van der Waals surface area contributed by atoms with Gasteiger partial charge in [0.15, 0.2) is 0 Å². The third-order valence-corrected chi connectivity index (χ3v) is 6.88. The Labute approximate surface area is 118 Å². The molecular weight excluding hydrogens is 252 g/mol. The summed E-state index contributed by atoms with van der Waals surface area (Å²) in [4.78, 5) is 24.9. The minimum absolute atomic E-state index is 0.0205. The van der Waals surface area contributed by atoms with Gasteiger partial charge in [-0.3, -0.25) is 9.59 Å². The van der Waals surface area contributed by atoms with E-state index in [1.165, 1.54) is 6.42 Å². The summed E-state index contributed by atoms with van der Waals surface area (Å²) >= 11 is 0. The highest BCUT2D eigenvalue weighted by Crippen LogP contribution is 2.59. The maximum atomic E-state index is 12.9. The molecule has 8 unspecified atom stereocenters. The van der Waals surface area contributed by atoms with E-state index < -0.39 is 0 Å². The summed E-state index contributed by atoms with van der Waals surface area (Å²) in [6.45, 7) is 0.614. The zero-order valence-electron chi connectivity index (χ0n) is 11.5. The van der Waals surface area contributed by atoms with E-state index in [4.69, 9.17) is 4.74 Å². The van der Waals surface area contributed by atoms with Crippen LogP contribution in [0, 0.1) is 47.3 Å². The van der Waals surface area contributed by atoms with Gasteiger partial charge in [-0.2, -0.15) is 0 Å². The second-order valence-electron chi connectivity index (χ2n) is 7.61. The van der Waals surface area contributed by atoms with E-state index in [-0.39, 0.29) is 23.7 Å². The Balaban J connectivity index is 1.39. The highest BCUT2D eigenvalue weighted by molar-refractivity contribution is 5.87. The third-order valence-electron chi connectivity index (χ3n) is 6.88. The quantitative estimate of drug-likeness (QED) is 0.572.